The molecule has 0 aliphatic heterocycles. The minimum Gasteiger partial charge on any atom is -0.493 e. The number of ether oxygens (including phenoxy) is 5. The molecule has 4 rings (SSSR count). The number of para-hydroxylation sites is 1. The quantitative estimate of drug-likeness (QED) is 0.264. The van der Waals surface area contributed by atoms with Crippen LogP contribution in [0.25, 0.3) is 10.9 Å². The van der Waals surface area contributed by atoms with Crippen molar-refractivity contribution in [1.82, 2.24) is 4.98 Å². The lowest BCUT2D eigenvalue weighted by atomic mass is 10.2. The van der Waals surface area contributed by atoms with Gasteiger partial charge < -0.3 is 23.7 Å². The van der Waals surface area contributed by atoms with Gasteiger partial charge in [-0.2, -0.15) is 0 Å². The van der Waals surface area contributed by atoms with Gasteiger partial charge in [0, 0.05) is 29.8 Å². The number of benzene rings is 3. The normalized spacial score (nSPS) is 10.5. The molecule has 1 heterocycles. The predicted octanol–water partition coefficient (Wildman–Crippen LogP) is 6.20. The number of anilines is 1. The summed E-state index contributed by atoms with van der Waals surface area (Å²) in [5.74, 6) is 2.05. The van der Waals surface area contributed by atoms with Crippen molar-refractivity contribution in [3.05, 3.63) is 78.7 Å². The number of halogens is 1. The largest absolute Gasteiger partial charge is 0.493 e. The fourth-order valence-electron chi connectivity index (χ4n) is 3.39. The summed E-state index contributed by atoms with van der Waals surface area (Å²) < 4.78 is 40.7. The van der Waals surface area contributed by atoms with Crippen LogP contribution in [0.4, 0.5) is 14.9 Å². The Hall–Kier alpha value is -4.53. The second-order valence-corrected chi connectivity index (χ2v) is 7.55. The van der Waals surface area contributed by atoms with Crippen molar-refractivity contribution in [2.75, 3.05) is 32.8 Å². The van der Waals surface area contributed by atoms with Crippen LogP contribution in [0.2, 0.25) is 0 Å². The van der Waals surface area contributed by atoms with Crippen LogP contribution < -0.4 is 24.3 Å². The van der Waals surface area contributed by atoms with Crippen molar-refractivity contribution in [3.8, 4) is 28.7 Å². The molecule has 4 aromatic rings. The van der Waals surface area contributed by atoms with Crippen molar-refractivity contribution in [2.24, 2.45) is 0 Å². The van der Waals surface area contributed by atoms with E-state index in [0.29, 0.717) is 40.6 Å². The van der Waals surface area contributed by atoms with Crippen LogP contribution in [0.5, 0.6) is 28.7 Å². The first-order chi connectivity index (χ1) is 17.6. The summed E-state index contributed by atoms with van der Waals surface area (Å²) in [5.41, 5.74) is 1.24. The SMILES string of the molecule is COc1cc2nccc(Oc3ccc(NC(=O)OCCCOc4ccccc4F)cc3)c2cc1OC. The molecule has 1 N–H and O–H groups in total. The number of hydrogen-bond donors (Lipinski definition) is 1. The van der Waals surface area contributed by atoms with E-state index in [0.717, 1.165) is 5.39 Å². The van der Waals surface area contributed by atoms with Crippen LogP contribution in [0.3, 0.4) is 0 Å². The van der Waals surface area contributed by atoms with Crippen LogP contribution >= 0.6 is 0 Å². The van der Waals surface area contributed by atoms with Crippen LogP contribution in [0.1, 0.15) is 6.42 Å². The van der Waals surface area contributed by atoms with E-state index in [-0.39, 0.29) is 19.0 Å². The molecule has 0 aliphatic rings. The Bertz CT molecular complexity index is 1330. The van der Waals surface area contributed by atoms with Gasteiger partial charge in [0.05, 0.1) is 33.0 Å². The first-order valence-corrected chi connectivity index (χ1v) is 11.2. The second kappa shape index (κ2) is 11.7. The third-order valence-corrected chi connectivity index (χ3v) is 5.15. The number of fused-ring (bicyclic) bond motifs is 1. The van der Waals surface area contributed by atoms with Gasteiger partial charge in [0.1, 0.15) is 11.5 Å². The van der Waals surface area contributed by atoms with Gasteiger partial charge in [0.2, 0.25) is 0 Å². The molecule has 8 nitrogen and oxygen atoms in total. The molecule has 1 amide bonds. The van der Waals surface area contributed by atoms with Gasteiger partial charge in [0.15, 0.2) is 23.1 Å². The maximum absolute atomic E-state index is 13.5. The number of methoxy groups -OCH3 is 2. The van der Waals surface area contributed by atoms with Crippen molar-refractivity contribution in [3.63, 3.8) is 0 Å². The van der Waals surface area contributed by atoms with Gasteiger partial charge in [-0.05, 0) is 48.5 Å². The number of hydrogen-bond acceptors (Lipinski definition) is 7. The Labute approximate surface area is 207 Å². The maximum atomic E-state index is 13.5. The zero-order chi connectivity index (χ0) is 25.3. The van der Waals surface area contributed by atoms with Gasteiger partial charge in [-0.3, -0.25) is 10.3 Å². The lowest BCUT2D eigenvalue weighted by molar-refractivity contribution is 0.151. The summed E-state index contributed by atoms with van der Waals surface area (Å²) in [6.07, 6.45) is 1.47. The first-order valence-electron chi connectivity index (χ1n) is 11.2. The third kappa shape index (κ3) is 6.12. The highest BCUT2D eigenvalue weighted by atomic mass is 19.1. The Balaban J connectivity index is 1.29. The van der Waals surface area contributed by atoms with Crippen LogP contribution in [0, 0.1) is 5.82 Å². The smallest absolute Gasteiger partial charge is 0.411 e. The molecular formula is C27H25FN2O6. The van der Waals surface area contributed by atoms with Gasteiger partial charge in [-0.15, -0.1) is 0 Å². The number of amides is 1. The topological polar surface area (TPSA) is 88.1 Å². The second-order valence-electron chi connectivity index (χ2n) is 7.55. The number of nitrogens with zero attached hydrogens (tertiary/aromatic N) is 1. The molecule has 0 bridgehead atoms. The van der Waals surface area contributed by atoms with E-state index < -0.39 is 11.9 Å². The molecule has 0 spiro atoms. The van der Waals surface area contributed by atoms with Crippen LogP contribution in [-0.4, -0.2) is 38.5 Å². The van der Waals surface area contributed by atoms with Gasteiger partial charge in [0.25, 0.3) is 0 Å². The van der Waals surface area contributed by atoms with E-state index in [4.69, 9.17) is 23.7 Å². The number of aromatic nitrogens is 1. The van der Waals surface area contributed by atoms with E-state index in [9.17, 15) is 9.18 Å². The molecule has 0 fully saturated rings. The van der Waals surface area contributed by atoms with Crippen molar-refractivity contribution >= 4 is 22.7 Å². The lowest BCUT2D eigenvalue weighted by Gasteiger charge is -2.13. The molecular weight excluding hydrogens is 467 g/mol. The number of pyridine rings is 1. The Kier molecular flexibility index (Phi) is 8.02. The number of carbonyl (C=O) groups excluding carboxylic acids is 1. The van der Waals surface area contributed by atoms with Crippen molar-refractivity contribution < 1.29 is 32.9 Å². The van der Waals surface area contributed by atoms with E-state index in [1.807, 2.05) is 6.07 Å². The van der Waals surface area contributed by atoms with Crippen LogP contribution in [-0.2, 0) is 4.74 Å². The van der Waals surface area contributed by atoms with E-state index in [1.54, 1.807) is 75.0 Å². The van der Waals surface area contributed by atoms with Gasteiger partial charge in [-0.25, -0.2) is 9.18 Å². The Morgan fingerprint density at radius 3 is 2.39 bits per heavy atom. The highest BCUT2D eigenvalue weighted by Gasteiger charge is 2.12. The van der Waals surface area contributed by atoms with Crippen molar-refractivity contribution in [1.29, 1.82) is 0 Å². The summed E-state index contributed by atoms with van der Waals surface area (Å²) in [7, 11) is 3.13. The molecule has 9 heteroatoms. The molecule has 0 atom stereocenters. The van der Waals surface area contributed by atoms with Crippen molar-refractivity contribution in [2.45, 2.75) is 6.42 Å². The van der Waals surface area contributed by atoms with E-state index >= 15 is 0 Å². The highest BCUT2D eigenvalue weighted by Crippen LogP contribution is 2.37. The number of nitrogens with one attached hydrogen (secondary N) is 1. The zero-order valence-corrected chi connectivity index (χ0v) is 19.8. The fourth-order valence-corrected chi connectivity index (χ4v) is 3.39. The molecule has 1 aromatic heterocycles. The molecule has 36 heavy (non-hydrogen) atoms. The molecule has 0 saturated heterocycles. The standard InChI is InChI=1S/C27H25FN2O6/c1-32-25-16-20-22(17-26(25)33-2)29-13-12-23(20)36-19-10-8-18(9-11-19)30-27(31)35-15-5-14-34-24-7-4-3-6-21(24)28/h3-4,6-13,16-17H,5,14-15H2,1-2H3,(H,30,31). The minimum atomic E-state index is -0.601. The lowest BCUT2D eigenvalue weighted by Crippen LogP contribution is -2.15. The summed E-state index contributed by atoms with van der Waals surface area (Å²) in [6.45, 7) is 0.355. The molecule has 0 unspecified atom stereocenters. The number of carbonyl (C=O) groups is 1. The molecule has 3 aromatic carbocycles. The third-order valence-electron chi connectivity index (χ3n) is 5.15. The van der Waals surface area contributed by atoms with Gasteiger partial charge in [-0.1, -0.05) is 12.1 Å². The molecule has 0 aliphatic carbocycles. The molecule has 0 radical (unpaired) electrons. The molecule has 186 valence electrons. The summed E-state index contributed by atoms with van der Waals surface area (Å²) in [6, 6.07) is 18.3. The predicted molar refractivity (Wildman–Crippen MR) is 133 cm³/mol. The molecule has 0 saturated carbocycles. The van der Waals surface area contributed by atoms with E-state index in [1.165, 1.54) is 6.07 Å². The zero-order valence-electron chi connectivity index (χ0n) is 19.8. The van der Waals surface area contributed by atoms with E-state index in [2.05, 4.69) is 10.3 Å². The van der Waals surface area contributed by atoms with Crippen LogP contribution in [0.15, 0.2) is 72.9 Å². The Morgan fingerprint density at radius 1 is 0.889 bits per heavy atom. The summed E-state index contributed by atoms with van der Waals surface area (Å²) >= 11 is 0. The van der Waals surface area contributed by atoms with Gasteiger partial charge >= 0.3 is 6.09 Å². The first kappa shape index (κ1) is 24.6. The fraction of sp³-hybridized carbons (Fsp3) is 0.185. The maximum Gasteiger partial charge on any atom is 0.411 e. The number of rotatable bonds is 10. The minimum absolute atomic E-state index is 0.130. The monoisotopic (exact) mass is 492 g/mol. The summed E-state index contributed by atoms with van der Waals surface area (Å²) in [5, 5.41) is 3.41. The Morgan fingerprint density at radius 2 is 1.64 bits per heavy atom. The average Bonchev–Trinajstić information content (AvgIpc) is 2.90. The average molecular weight is 493 g/mol. The summed E-state index contributed by atoms with van der Waals surface area (Å²) in [4.78, 5) is 16.4. The highest BCUT2D eigenvalue weighted by molar-refractivity contribution is 5.88.